The van der Waals surface area contributed by atoms with Crippen molar-refractivity contribution in [2.45, 2.75) is 13.3 Å². The second-order valence-corrected chi connectivity index (χ2v) is 3.75. The number of hydrogen-bond acceptors (Lipinski definition) is 2. The Morgan fingerprint density at radius 1 is 1.00 bits per heavy atom. The lowest BCUT2D eigenvalue weighted by Crippen LogP contribution is -1.93. The van der Waals surface area contributed by atoms with Crippen LogP contribution in [0.2, 0.25) is 0 Å². The fraction of sp³-hybridized carbons (Fsp3) is 0.154. The zero-order valence-electron chi connectivity index (χ0n) is 8.77. The van der Waals surface area contributed by atoms with Crippen LogP contribution in [0.3, 0.4) is 0 Å². The Kier molecular flexibility index (Phi) is 2.68. The minimum Gasteiger partial charge on any atom is -0.384 e. The van der Waals surface area contributed by atoms with Crippen molar-refractivity contribution in [1.82, 2.24) is 4.98 Å². The highest BCUT2D eigenvalue weighted by molar-refractivity contribution is 5.32. The van der Waals surface area contributed by atoms with Crippen molar-refractivity contribution in [3.8, 4) is 0 Å². The maximum atomic E-state index is 5.53. The first-order chi connectivity index (χ1) is 7.24. The topological polar surface area (TPSA) is 38.9 Å². The van der Waals surface area contributed by atoms with E-state index in [1.807, 2.05) is 18.3 Å². The molecule has 0 amide bonds. The van der Waals surface area contributed by atoms with Crippen LogP contribution >= 0.6 is 0 Å². The molecule has 0 bridgehead atoms. The van der Waals surface area contributed by atoms with Crippen molar-refractivity contribution in [2.75, 3.05) is 5.73 Å². The molecule has 2 rings (SSSR count). The minimum absolute atomic E-state index is 0.572. The normalized spacial score (nSPS) is 10.2. The first-order valence-corrected chi connectivity index (χ1v) is 5.00. The molecule has 0 unspecified atom stereocenters. The van der Waals surface area contributed by atoms with E-state index in [2.05, 4.69) is 36.2 Å². The van der Waals surface area contributed by atoms with Gasteiger partial charge in [-0.2, -0.15) is 0 Å². The second kappa shape index (κ2) is 4.13. The summed E-state index contributed by atoms with van der Waals surface area (Å²) in [7, 11) is 0. The van der Waals surface area contributed by atoms with Gasteiger partial charge in [-0.25, -0.2) is 4.98 Å². The molecule has 0 saturated carbocycles. The lowest BCUT2D eigenvalue weighted by molar-refractivity contribution is 1.15. The molecule has 1 aromatic heterocycles. The van der Waals surface area contributed by atoms with Gasteiger partial charge < -0.3 is 5.73 Å². The maximum absolute atomic E-state index is 5.53. The quantitative estimate of drug-likeness (QED) is 0.805. The summed E-state index contributed by atoms with van der Waals surface area (Å²) in [6.45, 7) is 2.09. The molecule has 15 heavy (non-hydrogen) atoms. The molecule has 1 aromatic carbocycles. The van der Waals surface area contributed by atoms with Crippen molar-refractivity contribution < 1.29 is 0 Å². The summed E-state index contributed by atoms with van der Waals surface area (Å²) in [5.74, 6) is 0.572. The molecule has 0 aliphatic heterocycles. The molecule has 2 N–H and O–H groups in total. The van der Waals surface area contributed by atoms with Gasteiger partial charge in [0.1, 0.15) is 5.82 Å². The van der Waals surface area contributed by atoms with Crippen LogP contribution in [-0.4, -0.2) is 4.98 Å². The van der Waals surface area contributed by atoms with Crippen molar-refractivity contribution in [1.29, 1.82) is 0 Å². The fourth-order valence-electron chi connectivity index (χ4n) is 1.48. The summed E-state index contributed by atoms with van der Waals surface area (Å²) in [5.41, 5.74) is 9.30. The van der Waals surface area contributed by atoms with Crippen LogP contribution in [0.15, 0.2) is 42.6 Å². The highest BCUT2D eigenvalue weighted by atomic mass is 14.8. The van der Waals surface area contributed by atoms with E-state index in [-0.39, 0.29) is 0 Å². The van der Waals surface area contributed by atoms with Gasteiger partial charge in [0.15, 0.2) is 0 Å². The number of aryl methyl sites for hydroxylation is 1. The number of pyridine rings is 1. The zero-order chi connectivity index (χ0) is 10.7. The minimum atomic E-state index is 0.572. The molecule has 0 aliphatic rings. The van der Waals surface area contributed by atoms with Gasteiger partial charge in [-0.15, -0.1) is 0 Å². The van der Waals surface area contributed by atoms with E-state index in [4.69, 9.17) is 5.73 Å². The zero-order valence-corrected chi connectivity index (χ0v) is 8.77. The number of nitrogen functional groups attached to an aromatic ring is 1. The third-order valence-corrected chi connectivity index (χ3v) is 2.38. The molecule has 2 aromatic rings. The van der Waals surface area contributed by atoms with Crippen molar-refractivity contribution in [3.05, 3.63) is 59.3 Å². The monoisotopic (exact) mass is 198 g/mol. The van der Waals surface area contributed by atoms with Crippen LogP contribution in [0, 0.1) is 6.92 Å². The lowest BCUT2D eigenvalue weighted by Gasteiger charge is -2.02. The smallest absolute Gasteiger partial charge is 0.123 e. The van der Waals surface area contributed by atoms with Crippen LogP contribution < -0.4 is 5.73 Å². The molecule has 0 atom stereocenters. The molecule has 0 spiro atoms. The summed E-state index contributed by atoms with van der Waals surface area (Å²) >= 11 is 0. The van der Waals surface area contributed by atoms with Crippen molar-refractivity contribution in [2.24, 2.45) is 0 Å². The van der Waals surface area contributed by atoms with Crippen LogP contribution in [0.5, 0.6) is 0 Å². The Morgan fingerprint density at radius 3 is 2.27 bits per heavy atom. The van der Waals surface area contributed by atoms with E-state index in [1.54, 1.807) is 0 Å². The predicted molar refractivity (Wildman–Crippen MR) is 62.6 cm³/mol. The van der Waals surface area contributed by atoms with Gasteiger partial charge in [0, 0.05) is 6.20 Å². The molecular formula is C13H14N2. The Balaban J connectivity index is 2.15. The number of benzene rings is 1. The molecule has 0 fully saturated rings. The molecule has 2 heteroatoms. The lowest BCUT2D eigenvalue weighted by atomic mass is 10.1. The van der Waals surface area contributed by atoms with E-state index in [9.17, 15) is 0 Å². The summed E-state index contributed by atoms with van der Waals surface area (Å²) in [6, 6.07) is 12.4. The van der Waals surface area contributed by atoms with E-state index in [0.29, 0.717) is 5.82 Å². The second-order valence-electron chi connectivity index (χ2n) is 3.75. The van der Waals surface area contributed by atoms with Crippen LogP contribution in [0.1, 0.15) is 16.7 Å². The van der Waals surface area contributed by atoms with Gasteiger partial charge in [-0.3, -0.25) is 0 Å². The van der Waals surface area contributed by atoms with Crippen LogP contribution in [0.4, 0.5) is 5.82 Å². The Labute approximate surface area is 89.8 Å². The average molecular weight is 198 g/mol. The third kappa shape index (κ3) is 2.56. The van der Waals surface area contributed by atoms with Crippen LogP contribution in [-0.2, 0) is 6.42 Å². The van der Waals surface area contributed by atoms with Gasteiger partial charge in [0.05, 0.1) is 0 Å². The van der Waals surface area contributed by atoms with Crippen molar-refractivity contribution in [3.63, 3.8) is 0 Å². The molecule has 1 heterocycles. The fourth-order valence-corrected chi connectivity index (χ4v) is 1.48. The van der Waals surface area contributed by atoms with E-state index in [0.717, 1.165) is 6.42 Å². The van der Waals surface area contributed by atoms with Crippen LogP contribution in [0.25, 0.3) is 0 Å². The summed E-state index contributed by atoms with van der Waals surface area (Å²) < 4.78 is 0. The summed E-state index contributed by atoms with van der Waals surface area (Å²) in [6.07, 6.45) is 2.74. The Bertz CT molecular complexity index is 386. The Morgan fingerprint density at radius 2 is 1.67 bits per heavy atom. The maximum Gasteiger partial charge on any atom is 0.123 e. The highest BCUT2D eigenvalue weighted by Crippen LogP contribution is 2.10. The van der Waals surface area contributed by atoms with Crippen molar-refractivity contribution >= 4 is 5.82 Å². The standard InChI is InChI=1S/C13H14N2/c1-10-2-4-11(5-3-10)8-12-6-7-13(14)15-9-12/h2-7,9H,8H2,1H3,(H2,14,15). The number of hydrogen-bond donors (Lipinski definition) is 1. The number of anilines is 1. The van der Waals surface area contributed by atoms with Gasteiger partial charge >= 0.3 is 0 Å². The first-order valence-electron chi connectivity index (χ1n) is 5.00. The number of rotatable bonds is 2. The van der Waals surface area contributed by atoms with Gasteiger partial charge in [-0.1, -0.05) is 35.9 Å². The molecule has 0 saturated heterocycles. The van der Waals surface area contributed by atoms with Gasteiger partial charge in [0.25, 0.3) is 0 Å². The summed E-state index contributed by atoms with van der Waals surface area (Å²) in [4.78, 5) is 4.07. The average Bonchev–Trinajstić information content (AvgIpc) is 2.25. The predicted octanol–water partition coefficient (Wildman–Crippen LogP) is 2.56. The largest absolute Gasteiger partial charge is 0.384 e. The van der Waals surface area contributed by atoms with Gasteiger partial charge in [-0.05, 0) is 30.5 Å². The number of nitrogens with two attached hydrogens (primary N) is 1. The third-order valence-electron chi connectivity index (χ3n) is 2.38. The van der Waals surface area contributed by atoms with E-state index < -0.39 is 0 Å². The number of nitrogens with zero attached hydrogens (tertiary/aromatic N) is 1. The first kappa shape index (κ1) is 9.71. The van der Waals surface area contributed by atoms with E-state index >= 15 is 0 Å². The Hall–Kier alpha value is -1.83. The molecule has 0 radical (unpaired) electrons. The summed E-state index contributed by atoms with van der Waals surface area (Å²) in [5, 5.41) is 0. The SMILES string of the molecule is Cc1ccc(Cc2ccc(N)nc2)cc1. The molecular weight excluding hydrogens is 184 g/mol. The molecule has 2 nitrogen and oxygen atoms in total. The molecule has 76 valence electrons. The molecule has 0 aliphatic carbocycles. The van der Waals surface area contributed by atoms with Gasteiger partial charge in [0.2, 0.25) is 0 Å². The van der Waals surface area contributed by atoms with E-state index in [1.165, 1.54) is 16.7 Å². The highest BCUT2D eigenvalue weighted by Gasteiger charge is 1.96. The number of aromatic nitrogens is 1.